The molecule has 7 nitrogen and oxygen atoms in total. The van der Waals surface area contributed by atoms with E-state index in [1.165, 1.54) is 4.90 Å². The molecule has 1 atom stereocenters. The van der Waals surface area contributed by atoms with E-state index in [9.17, 15) is 14.4 Å². The molecule has 158 valence electrons. The van der Waals surface area contributed by atoms with Crippen molar-refractivity contribution in [3.63, 3.8) is 0 Å². The maximum absolute atomic E-state index is 13.2. The third-order valence-corrected chi connectivity index (χ3v) is 6.01. The Bertz CT molecular complexity index is 945. The molecule has 1 unspecified atom stereocenters. The molecule has 1 aliphatic carbocycles. The summed E-state index contributed by atoms with van der Waals surface area (Å²) >= 11 is 1.58. The molecule has 2 aliphatic rings. The molecule has 0 bridgehead atoms. The number of fused-ring (bicyclic) bond motifs is 1. The van der Waals surface area contributed by atoms with Gasteiger partial charge in [-0.3, -0.25) is 0 Å². The Balaban J connectivity index is 2.07. The van der Waals surface area contributed by atoms with Crippen LogP contribution >= 0.6 is 11.8 Å². The van der Waals surface area contributed by atoms with Crippen LogP contribution in [0.2, 0.25) is 0 Å². The lowest BCUT2D eigenvalue weighted by Gasteiger charge is -2.45. The van der Waals surface area contributed by atoms with E-state index in [0.29, 0.717) is 24.7 Å². The average molecular weight is 429 g/mol. The van der Waals surface area contributed by atoms with Crippen molar-refractivity contribution in [2.75, 3.05) is 11.4 Å². The Hall–Kier alpha value is -2.84. The number of aliphatic carboxylic acids is 1. The van der Waals surface area contributed by atoms with Crippen LogP contribution in [0.25, 0.3) is 0 Å². The van der Waals surface area contributed by atoms with Crippen LogP contribution < -0.4 is 10.2 Å². The highest BCUT2D eigenvalue weighted by Gasteiger charge is 2.44. The summed E-state index contributed by atoms with van der Waals surface area (Å²) in [5, 5.41) is 12.3. The van der Waals surface area contributed by atoms with E-state index in [-0.39, 0.29) is 0 Å². The Kier molecular flexibility index (Phi) is 6.79. The number of carbonyl (C=O) groups is 3. The predicted octanol–water partition coefficient (Wildman–Crippen LogP) is 4.22. The fourth-order valence-corrected chi connectivity index (χ4v) is 5.07. The van der Waals surface area contributed by atoms with Gasteiger partial charge in [-0.2, -0.15) is 0 Å². The molecule has 1 heterocycles. The lowest BCUT2D eigenvalue weighted by atomic mass is 9.82. The van der Waals surface area contributed by atoms with Crippen molar-refractivity contribution in [1.82, 2.24) is 5.32 Å². The highest BCUT2D eigenvalue weighted by Crippen LogP contribution is 2.50. The summed E-state index contributed by atoms with van der Waals surface area (Å²) in [6.45, 7) is 4.81. The van der Waals surface area contributed by atoms with Crippen LogP contribution in [-0.2, 0) is 14.3 Å². The fourth-order valence-electron chi connectivity index (χ4n) is 3.88. The number of rotatable bonds is 6. The van der Waals surface area contributed by atoms with Gasteiger partial charge in [-0.15, -0.1) is 0 Å². The molecule has 1 aliphatic heterocycles. The van der Waals surface area contributed by atoms with Crippen molar-refractivity contribution < 1.29 is 24.2 Å². The maximum atomic E-state index is 13.2. The van der Waals surface area contributed by atoms with Crippen LogP contribution in [0, 0.1) is 0 Å². The number of carboxylic acid groups (broad SMARTS) is 1. The molecule has 1 aromatic carbocycles. The van der Waals surface area contributed by atoms with Crippen molar-refractivity contribution >= 4 is 35.5 Å². The van der Waals surface area contributed by atoms with Gasteiger partial charge in [0, 0.05) is 22.0 Å². The first-order chi connectivity index (χ1) is 14.4. The monoisotopic (exact) mass is 428 g/mol. The number of hydrogen-bond acceptors (Lipinski definition) is 6. The molecular weight excluding hydrogens is 404 g/mol. The molecule has 0 radical (unpaired) electrons. The lowest BCUT2D eigenvalue weighted by Crippen LogP contribution is -2.55. The van der Waals surface area contributed by atoms with Crippen LogP contribution in [0.3, 0.4) is 0 Å². The van der Waals surface area contributed by atoms with Gasteiger partial charge in [-0.1, -0.05) is 56.3 Å². The number of carboxylic acids is 1. The quantitative estimate of drug-likeness (QED) is 0.398. The van der Waals surface area contributed by atoms with Crippen LogP contribution in [-0.4, -0.2) is 35.2 Å². The zero-order chi connectivity index (χ0) is 21.7. The fraction of sp³-hybridized carbons (Fsp3) is 0.318. The van der Waals surface area contributed by atoms with Crippen LogP contribution in [0.4, 0.5) is 10.5 Å². The number of carbonyl (C=O) groups excluding carboxylic acids is 2. The number of thioether (sulfide) groups is 1. The molecule has 2 N–H and O–H groups in total. The normalized spacial score (nSPS) is 20.1. The highest BCUT2D eigenvalue weighted by atomic mass is 32.2. The van der Waals surface area contributed by atoms with Crippen molar-refractivity contribution in [2.45, 2.75) is 43.5 Å². The molecule has 3 rings (SSSR count). The van der Waals surface area contributed by atoms with Gasteiger partial charge in [0.05, 0.1) is 16.9 Å². The standard InChI is InChI=1S/C22H24N2O5S/c1-3-13-22(23-4-2)14-7-10-17-20(22)24(15-8-5-6-9-16(15)30-17)21(28)29-19(27)12-11-18(25)26/h5-12,23H,3-4,13-14H2,1-2H3,(H,25,26)/b12-11+. The Morgan fingerprint density at radius 2 is 2.03 bits per heavy atom. The first-order valence-corrected chi connectivity index (χ1v) is 10.6. The van der Waals surface area contributed by atoms with E-state index in [2.05, 4.69) is 18.3 Å². The number of para-hydroxylation sites is 1. The third-order valence-electron chi connectivity index (χ3n) is 4.90. The van der Waals surface area contributed by atoms with Crippen molar-refractivity contribution in [3.8, 4) is 0 Å². The minimum atomic E-state index is -1.30. The van der Waals surface area contributed by atoms with Crippen molar-refractivity contribution in [1.29, 1.82) is 0 Å². The predicted molar refractivity (Wildman–Crippen MR) is 115 cm³/mol. The summed E-state index contributed by atoms with van der Waals surface area (Å²) in [5.41, 5.74) is 0.917. The van der Waals surface area contributed by atoms with Gasteiger partial charge in [0.1, 0.15) is 0 Å². The molecule has 0 saturated carbocycles. The van der Waals surface area contributed by atoms with E-state index >= 15 is 0 Å². The van der Waals surface area contributed by atoms with Gasteiger partial charge in [-0.05, 0) is 31.5 Å². The number of ether oxygens (including phenoxy) is 1. The van der Waals surface area contributed by atoms with Crippen LogP contribution in [0.1, 0.15) is 33.1 Å². The highest BCUT2D eigenvalue weighted by molar-refractivity contribution is 8.03. The number of amides is 1. The molecule has 0 fully saturated rings. The minimum absolute atomic E-state index is 0.479. The molecule has 1 aromatic rings. The second kappa shape index (κ2) is 9.32. The molecule has 1 amide bonds. The molecule has 0 aromatic heterocycles. The lowest BCUT2D eigenvalue weighted by molar-refractivity contribution is -0.134. The summed E-state index contributed by atoms with van der Waals surface area (Å²) in [6.07, 6.45) is 7.00. The molecule has 0 saturated heterocycles. The van der Waals surface area contributed by atoms with E-state index in [0.717, 1.165) is 34.4 Å². The summed E-state index contributed by atoms with van der Waals surface area (Å²) in [4.78, 5) is 39.1. The topological polar surface area (TPSA) is 95.9 Å². The first-order valence-electron chi connectivity index (χ1n) is 9.82. The van der Waals surface area contributed by atoms with Gasteiger partial charge >= 0.3 is 18.0 Å². The number of nitrogens with zero attached hydrogens (tertiary/aromatic N) is 1. The van der Waals surface area contributed by atoms with Crippen molar-refractivity contribution in [2.24, 2.45) is 0 Å². The van der Waals surface area contributed by atoms with Gasteiger partial charge in [0.2, 0.25) is 0 Å². The summed E-state index contributed by atoms with van der Waals surface area (Å²) in [5.74, 6) is -2.33. The third kappa shape index (κ3) is 4.34. The molecular formula is C22H24N2O5S. The second-order valence-electron chi connectivity index (χ2n) is 6.95. The summed E-state index contributed by atoms with van der Waals surface area (Å²) in [7, 11) is 0. The van der Waals surface area contributed by atoms with E-state index in [4.69, 9.17) is 9.84 Å². The van der Waals surface area contributed by atoms with E-state index in [1.807, 2.05) is 37.3 Å². The van der Waals surface area contributed by atoms with E-state index < -0.39 is 23.6 Å². The average Bonchev–Trinajstić information content (AvgIpc) is 2.71. The van der Waals surface area contributed by atoms with Crippen LogP contribution in [0.15, 0.2) is 64.1 Å². The number of likely N-dealkylation sites (N-methyl/N-ethyl adjacent to an activating group) is 1. The minimum Gasteiger partial charge on any atom is -0.478 e. The Labute approximate surface area is 179 Å². The zero-order valence-corrected chi connectivity index (χ0v) is 17.7. The van der Waals surface area contributed by atoms with Gasteiger partial charge in [0.15, 0.2) is 0 Å². The first kappa shape index (κ1) is 21.9. The maximum Gasteiger partial charge on any atom is 0.426 e. The van der Waals surface area contributed by atoms with E-state index in [1.54, 1.807) is 11.8 Å². The largest absolute Gasteiger partial charge is 0.478 e. The number of nitrogens with one attached hydrogen (secondary N) is 1. The van der Waals surface area contributed by atoms with Gasteiger partial charge < -0.3 is 15.2 Å². The van der Waals surface area contributed by atoms with Crippen molar-refractivity contribution in [3.05, 3.63) is 59.2 Å². The van der Waals surface area contributed by atoms with Crippen LogP contribution in [0.5, 0.6) is 0 Å². The molecule has 0 spiro atoms. The smallest absolute Gasteiger partial charge is 0.426 e. The zero-order valence-electron chi connectivity index (χ0n) is 16.9. The Morgan fingerprint density at radius 3 is 2.73 bits per heavy atom. The SMILES string of the molecule is CCCC1(NCC)CC=CC2=C1N(C(=O)OC(=O)/C=C/C(=O)O)c1ccccc1S2. The Morgan fingerprint density at radius 1 is 1.27 bits per heavy atom. The van der Waals surface area contributed by atoms with Gasteiger partial charge in [-0.25, -0.2) is 19.3 Å². The second-order valence-corrected chi connectivity index (χ2v) is 8.03. The number of benzene rings is 1. The summed E-state index contributed by atoms with van der Waals surface area (Å²) < 4.78 is 5.00. The number of anilines is 1. The number of esters is 1. The summed E-state index contributed by atoms with van der Waals surface area (Å²) in [6, 6.07) is 7.43. The molecule has 8 heteroatoms. The van der Waals surface area contributed by atoms with Gasteiger partial charge in [0.25, 0.3) is 0 Å². The molecule has 30 heavy (non-hydrogen) atoms. The number of allylic oxidation sites excluding steroid dienone is 1. The number of hydrogen-bond donors (Lipinski definition) is 2.